The number of hydrogen-bond acceptors (Lipinski definition) is 3. The number of methoxy groups -OCH3 is 1. The van der Waals surface area contributed by atoms with E-state index in [2.05, 4.69) is 36.5 Å². The van der Waals surface area contributed by atoms with Crippen molar-refractivity contribution in [1.29, 1.82) is 0 Å². The molecule has 4 nitrogen and oxygen atoms in total. The van der Waals surface area contributed by atoms with Gasteiger partial charge in [-0.25, -0.2) is 0 Å². The third-order valence-corrected chi connectivity index (χ3v) is 6.22. The highest BCUT2D eigenvalue weighted by Crippen LogP contribution is 2.40. The minimum atomic E-state index is -0.199. The number of carbonyl (C=O) groups is 1. The van der Waals surface area contributed by atoms with Crippen LogP contribution in [0.1, 0.15) is 34.3 Å². The topological polar surface area (TPSA) is 47.6 Å². The number of benzene rings is 3. The molecule has 3 aromatic carbocycles. The molecule has 1 aliphatic heterocycles. The van der Waals surface area contributed by atoms with Crippen molar-refractivity contribution < 1.29 is 14.3 Å². The van der Waals surface area contributed by atoms with Crippen LogP contribution in [0.3, 0.4) is 0 Å². The normalized spacial score (nSPS) is 15.3. The Balaban J connectivity index is 1.53. The molecule has 0 spiro atoms. The van der Waals surface area contributed by atoms with Crippen LogP contribution in [-0.2, 0) is 10.2 Å². The van der Waals surface area contributed by atoms with Crippen molar-refractivity contribution in [2.75, 3.05) is 26.9 Å². The van der Waals surface area contributed by atoms with Crippen LogP contribution in [0.5, 0.6) is 5.75 Å². The number of hydrogen-bond donors (Lipinski definition) is 1. The van der Waals surface area contributed by atoms with Crippen molar-refractivity contribution in [2.24, 2.45) is 0 Å². The molecule has 3 aromatic rings. The van der Waals surface area contributed by atoms with E-state index in [4.69, 9.17) is 9.47 Å². The molecular formula is C27H29NO3. The Bertz CT molecular complexity index is 1020. The maximum Gasteiger partial charge on any atom is 0.251 e. The lowest BCUT2D eigenvalue weighted by molar-refractivity contribution is 0.0479. The average Bonchev–Trinajstić information content (AvgIpc) is 2.84. The van der Waals surface area contributed by atoms with Crippen LogP contribution in [0.4, 0.5) is 0 Å². The van der Waals surface area contributed by atoms with Crippen LogP contribution in [0.2, 0.25) is 0 Å². The fraction of sp³-hybridized carbons (Fsp3) is 0.296. The SMILES string of the molecule is COc1ccc(C)cc1C1(CNC(=O)c2ccc(-c3ccccc3)cc2)CCOCC1. The first kappa shape index (κ1) is 21.1. The molecule has 1 heterocycles. The second-order valence-corrected chi connectivity index (χ2v) is 8.22. The highest BCUT2D eigenvalue weighted by atomic mass is 16.5. The van der Waals surface area contributed by atoms with Crippen molar-refractivity contribution in [3.63, 3.8) is 0 Å². The summed E-state index contributed by atoms with van der Waals surface area (Å²) >= 11 is 0. The Labute approximate surface area is 184 Å². The van der Waals surface area contributed by atoms with E-state index < -0.39 is 0 Å². The highest BCUT2D eigenvalue weighted by Gasteiger charge is 2.37. The Morgan fingerprint density at radius 3 is 2.32 bits per heavy atom. The molecule has 0 aromatic heterocycles. The van der Waals surface area contributed by atoms with E-state index in [-0.39, 0.29) is 11.3 Å². The van der Waals surface area contributed by atoms with Gasteiger partial charge in [-0.05, 0) is 49.1 Å². The Morgan fingerprint density at radius 2 is 1.65 bits per heavy atom. The maximum absolute atomic E-state index is 13.0. The van der Waals surface area contributed by atoms with Gasteiger partial charge in [-0.15, -0.1) is 0 Å². The third-order valence-electron chi connectivity index (χ3n) is 6.22. The number of carbonyl (C=O) groups excluding carboxylic acids is 1. The number of ether oxygens (including phenoxy) is 2. The zero-order chi connectivity index (χ0) is 21.7. The monoisotopic (exact) mass is 415 g/mol. The Morgan fingerprint density at radius 1 is 0.968 bits per heavy atom. The summed E-state index contributed by atoms with van der Waals surface area (Å²) in [5.41, 5.74) is 5.04. The molecule has 0 atom stereocenters. The van der Waals surface area contributed by atoms with Gasteiger partial charge < -0.3 is 14.8 Å². The maximum atomic E-state index is 13.0. The first-order valence-corrected chi connectivity index (χ1v) is 10.8. The lowest BCUT2D eigenvalue weighted by atomic mass is 9.73. The summed E-state index contributed by atoms with van der Waals surface area (Å²) in [5, 5.41) is 3.19. The summed E-state index contributed by atoms with van der Waals surface area (Å²) in [6.45, 7) is 4.00. The lowest BCUT2D eigenvalue weighted by Crippen LogP contribution is -2.44. The second kappa shape index (κ2) is 9.36. The summed E-state index contributed by atoms with van der Waals surface area (Å²) < 4.78 is 11.3. The van der Waals surface area contributed by atoms with Gasteiger partial charge in [-0.2, -0.15) is 0 Å². The van der Waals surface area contributed by atoms with Gasteiger partial charge in [-0.3, -0.25) is 4.79 Å². The van der Waals surface area contributed by atoms with E-state index in [1.54, 1.807) is 7.11 Å². The Kier molecular flexibility index (Phi) is 6.38. The van der Waals surface area contributed by atoms with Crippen LogP contribution >= 0.6 is 0 Å². The van der Waals surface area contributed by atoms with Crippen LogP contribution in [-0.4, -0.2) is 32.8 Å². The summed E-state index contributed by atoms with van der Waals surface area (Å²) in [5.74, 6) is 0.811. The van der Waals surface area contributed by atoms with Crippen molar-refractivity contribution >= 4 is 5.91 Å². The molecule has 4 rings (SSSR count). The predicted molar refractivity (Wildman–Crippen MR) is 124 cm³/mol. The lowest BCUT2D eigenvalue weighted by Gasteiger charge is -2.38. The van der Waals surface area contributed by atoms with E-state index in [0.717, 1.165) is 35.3 Å². The first-order chi connectivity index (χ1) is 15.1. The fourth-order valence-electron chi connectivity index (χ4n) is 4.34. The number of aryl methyl sites for hydroxylation is 1. The van der Waals surface area contributed by atoms with Gasteiger partial charge in [0, 0.05) is 36.3 Å². The molecule has 160 valence electrons. The van der Waals surface area contributed by atoms with Crippen molar-refractivity contribution in [2.45, 2.75) is 25.2 Å². The van der Waals surface area contributed by atoms with Crippen molar-refractivity contribution in [1.82, 2.24) is 5.32 Å². The largest absolute Gasteiger partial charge is 0.496 e. The third kappa shape index (κ3) is 4.64. The molecule has 1 N–H and O–H groups in total. The molecule has 1 amide bonds. The molecule has 1 fully saturated rings. The van der Waals surface area contributed by atoms with Gasteiger partial charge in [0.05, 0.1) is 7.11 Å². The molecular weight excluding hydrogens is 386 g/mol. The van der Waals surface area contributed by atoms with Gasteiger partial charge in [0.2, 0.25) is 0 Å². The average molecular weight is 416 g/mol. The quantitative estimate of drug-likeness (QED) is 0.606. The molecule has 0 saturated carbocycles. The molecule has 0 bridgehead atoms. The number of nitrogens with one attached hydrogen (secondary N) is 1. The molecule has 1 saturated heterocycles. The van der Waals surface area contributed by atoms with Gasteiger partial charge in [0.25, 0.3) is 5.91 Å². The summed E-state index contributed by atoms with van der Waals surface area (Å²) in [4.78, 5) is 13.0. The molecule has 0 unspecified atom stereocenters. The van der Waals surface area contributed by atoms with E-state index in [0.29, 0.717) is 25.3 Å². The van der Waals surface area contributed by atoms with Crippen LogP contribution in [0.25, 0.3) is 11.1 Å². The molecule has 1 aliphatic rings. The standard InChI is InChI=1S/C27H29NO3/c1-20-8-13-25(30-2)24(18-20)27(14-16-31-17-15-27)19-28-26(29)23-11-9-22(10-12-23)21-6-4-3-5-7-21/h3-13,18H,14-17,19H2,1-2H3,(H,28,29). The van der Waals surface area contributed by atoms with Gasteiger partial charge in [0.15, 0.2) is 0 Å². The first-order valence-electron chi connectivity index (χ1n) is 10.8. The molecule has 4 heteroatoms. The minimum absolute atomic E-state index is 0.0582. The van der Waals surface area contributed by atoms with Gasteiger partial charge in [0.1, 0.15) is 5.75 Å². The van der Waals surface area contributed by atoms with Gasteiger partial charge in [-0.1, -0.05) is 60.2 Å². The summed E-state index contributed by atoms with van der Waals surface area (Å²) in [7, 11) is 1.70. The van der Waals surface area contributed by atoms with Crippen LogP contribution < -0.4 is 10.1 Å². The highest BCUT2D eigenvalue weighted by molar-refractivity contribution is 5.94. The van der Waals surface area contributed by atoms with E-state index in [1.165, 1.54) is 5.56 Å². The van der Waals surface area contributed by atoms with Gasteiger partial charge >= 0.3 is 0 Å². The second-order valence-electron chi connectivity index (χ2n) is 8.22. The minimum Gasteiger partial charge on any atom is -0.496 e. The predicted octanol–water partition coefficient (Wildman–Crippen LogP) is 5.15. The number of rotatable bonds is 6. The molecule has 0 aliphatic carbocycles. The zero-order valence-electron chi connectivity index (χ0n) is 18.2. The summed E-state index contributed by atoms with van der Waals surface area (Å²) in [6.07, 6.45) is 1.69. The summed E-state index contributed by atoms with van der Waals surface area (Å²) in [6, 6.07) is 24.2. The number of amides is 1. The molecule has 0 radical (unpaired) electrons. The van der Waals surface area contributed by atoms with E-state index in [1.807, 2.05) is 48.5 Å². The van der Waals surface area contributed by atoms with E-state index in [9.17, 15) is 4.79 Å². The molecule has 31 heavy (non-hydrogen) atoms. The zero-order valence-corrected chi connectivity index (χ0v) is 18.2. The van der Waals surface area contributed by atoms with Crippen molar-refractivity contribution in [3.8, 4) is 16.9 Å². The fourth-order valence-corrected chi connectivity index (χ4v) is 4.34. The smallest absolute Gasteiger partial charge is 0.251 e. The van der Waals surface area contributed by atoms with Crippen LogP contribution in [0, 0.1) is 6.92 Å². The van der Waals surface area contributed by atoms with Crippen molar-refractivity contribution in [3.05, 3.63) is 89.5 Å². The Hall–Kier alpha value is -3.11. The van der Waals surface area contributed by atoms with E-state index >= 15 is 0 Å². The van der Waals surface area contributed by atoms with Crippen LogP contribution in [0.15, 0.2) is 72.8 Å².